The number of unbranched alkanes of at least 4 members (excludes halogenated alkanes) is 3. The third-order valence-corrected chi connectivity index (χ3v) is 8.97. The van der Waals surface area contributed by atoms with Gasteiger partial charge in [-0.3, -0.25) is 28.9 Å². The van der Waals surface area contributed by atoms with Gasteiger partial charge >= 0.3 is 5.97 Å². The number of anilines is 1. The molecule has 5 atom stereocenters. The topological polar surface area (TPSA) is 240 Å². The van der Waals surface area contributed by atoms with Gasteiger partial charge in [-0.05, 0) is 57.5 Å². The van der Waals surface area contributed by atoms with Crippen molar-refractivity contribution < 1.29 is 49.5 Å². The molecule has 2 amide bonds. The maximum atomic E-state index is 13.9. The van der Waals surface area contributed by atoms with Gasteiger partial charge in [-0.25, -0.2) is 0 Å². The molecule has 45 heavy (non-hydrogen) atoms. The SMILES string of the molecule is CCCCCCN[C@@H](CC(=O)O)C(=O)Nc1ccc2c(c1O)C(=O)C1=C(O)C3(O)C(=O)C(C(N)=O)=C(O)C(N(C)C)C3CC1C2. The van der Waals surface area contributed by atoms with Crippen molar-refractivity contribution in [3.63, 3.8) is 0 Å². The van der Waals surface area contributed by atoms with Crippen molar-refractivity contribution in [3.8, 4) is 5.75 Å². The second-order valence-corrected chi connectivity index (χ2v) is 12.1. The molecule has 4 unspecified atom stereocenters. The minimum Gasteiger partial charge on any atom is -0.510 e. The zero-order valence-corrected chi connectivity index (χ0v) is 25.4. The number of hydrogen-bond donors (Lipinski definition) is 8. The Balaban J connectivity index is 1.69. The van der Waals surface area contributed by atoms with E-state index < -0.39 is 88.1 Å². The Kier molecular flexibility index (Phi) is 9.71. The predicted octanol–water partition coefficient (Wildman–Crippen LogP) is 1.07. The summed E-state index contributed by atoms with van der Waals surface area (Å²) in [7, 11) is 3.09. The lowest BCUT2D eigenvalue weighted by atomic mass is 9.58. The third-order valence-electron chi connectivity index (χ3n) is 8.97. The number of aliphatic hydroxyl groups is 3. The van der Waals surface area contributed by atoms with Gasteiger partial charge in [0.1, 0.15) is 17.1 Å². The summed E-state index contributed by atoms with van der Waals surface area (Å²) in [6.07, 6.45) is 3.16. The quantitative estimate of drug-likeness (QED) is 0.0921. The molecule has 4 rings (SSSR count). The third kappa shape index (κ3) is 5.92. The van der Waals surface area contributed by atoms with E-state index in [0.29, 0.717) is 12.1 Å². The Hall–Kier alpha value is -4.27. The molecule has 14 nitrogen and oxygen atoms in total. The van der Waals surface area contributed by atoms with Gasteiger partial charge in [0.25, 0.3) is 5.91 Å². The summed E-state index contributed by atoms with van der Waals surface area (Å²) >= 11 is 0. The number of Topliss-reactive ketones (excluding diaryl/α,β-unsaturated/α-hetero) is 2. The maximum Gasteiger partial charge on any atom is 0.305 e. The molecule has 0 bridgehead atoms. The molecular formula is C31H40N4O10. The monoisotopic (exact) mass is 628 g/mol. The number of nitrogens with two attached hydrogens (primary N) is 1. The van der Waals surface area contributed by atoms with Crippen molar-refractivity contribution in [3.05, 3.63) is 45.9 Å². The number of primary amides is 1. The number of carbonyl (C=O) groups is 5. The largest absolute Gasteiger partial charge is 0.510 e. The van der Waals surface area contributed by atoms with Crippen LogP contribution in [0.1, 0.15) is 61.4 Å². The number of carboxylic acids is 1. The number of likely N-dealkylation sites (N-methyl/N-ethyl adjacent to an activating group) is 1. The van der Waals surface area contributed by atoms with Crippen LogP contribution in [-0.2, 0) is 25.6 Å². The molecule has 0 spiro atoms. The van der Waals surface area contributed by atoms with Crippen LogP contribution in [0, 0.1) is 11.8 Å². The fourth-order valence-corrected chi connectivity index (χ4v) is 6.81. The van der Waals surface area contributed by atoms with Gasteiger partial charge in [-0.1, -0.05) is 32.3 Å². The first-order chi connectivity index (χ1) is 21.2. The molecule has 3 aliphatic rings. The number of carboxylic acid groups (broad SMARTS) is 1. The number of nitrogens with zero attached hydrogens (tertiary/aromatic N) is 1. The number of amides is 2. The number of allylic oxidation sites excluding steroid dienone is 1. The molecule has 14 heteroatoms. The number of nitrogens with one attached hydrogen (secondary N) is 2. The molecule has 1 aromatic carbocycles. The van der Waals surface area contributed by atoms with Crippen LogP contribution in [-0.4, -0.2) is 98.1 Å². The number of rotatable bonds is 12. The van der Waals surface area contributed by atoms with Gasteiger partial charge in [0, 0.05) is 11.5 Å². The van der Waals surface area contributed by atoms with Crippen molar-refractivity contribution in [2.24, 2.45) is 17.6 Å². The number of fused-ring (bicyclic) bond motifs is 3. The molecule has 0 aliphatic heterocycles. The second kappa shape index (κ2) is 13.0. The number of hydrogen-bond acceptors (Lipinski definition) is 11. The van der Waals surface area contributed by atoms with E-state index in [2.05, 4.69) is 10.6 Å². The molecule has 0 fully saturated rings. The number of aliphatic carboxylic acids is 1. The Morgan fingerprint density at radius 2 is 1.80 bits per heavy atom. The highest BCUT2D eigenvalue weighted by molar-refractivity contribution is 6.25. The van der Waals surface area contributed by atoms with E-state index in [-0.39, 0.29) is 29.7 Å². The van der Waals surface area contributed by atoms with Crippen molar-refractivity contribution in [1.29, 1.82) is 0 Å². The zero-order chi connectivity index (χ0) is 33.4. The summed E-state index contributed by atoms with van der Waals surface area (Å²) < 4.78 is 0. The van der Waals surface area contributed by atoms with Crippen molar-refractivity contribution in [1.82, 2.24) is 10.2 Å². The zero-order valence-electron chi connectivity index (χ0n) is 25.4. The van der Waals surface area contributed by atoms with Crippen molar-refractivity contribution in [2.45, 2.75) is 69.6 Å². The fourth-order valence-electron chi connectivity index (χ4n) is 6.81. The number of aliphatic hydroxyl groups excluding tert-OH is 2. The highest BCUT2D eigenvalue weighted by Gasteiger charge is 2.63. The van der Waals surface area contributed by atoms with Crippen LogP contribution in [0.3, 0.4) is 0 Å². The molecule has 3 aliphatic carbocycles. The van der Waals surface area contributed by atoms with Crippen LogP contribution in [0.4, 0.5) is 5.69 Å². The maximum absolute atomic E-state index is 13.9. The summed E-state index contributed by atoms with van der Waals surface area (Å²) in [6.45, 7) is 2.45. The van der Waals surface area contributed by atoms with E-state index in [4.69, 9.17) is 5.73 Å². The highest BCUT2D eigenvalue weighted by atomic mass is 16.4. The minimum atomic E-state index is -2.77. The van der Waals surface area contributed by atoms with Crippen LogP contribution in [0.15, 0.2) is 34.8 Å². The van der Waals surface area contributed by atoms with Gasteiger partial charge in [-0.15, -0.1) is 0 Å². The highest BCUT2D eigenvalue weighted by Crippen LogP contribution is 2.52. The normalized spacial score (nSPS) is 25.0. The predicted molar refractivity (Wildman–Crippen MR) is 160 cm³/mol. The second-order valence-electron chi connectivity index (χ2n) is 12.1. The standard InChI is InChI=1S/C31H40N4O10/c1-4-5-6-7-10-33-18(13-19(36)37)30(44)34-17-9-8-14-11-15-12-16-23(35(2)3)26(40)22(29(32)43)28(42)31(16,45)27(41)21(15)25(39)20(14)24(17)38/h8-9,15-16,18,23,33,38,40-41,45H,4-7,10-13H2,1-3H3,(H2,32,43)(H,34,44)(H,36,37)/t15?,16?,18-,23?,31?/m0/s1. The lowest BCUT2D eigenvalue weighted by Gasteiger charge is -2.50. The van der Waals surface area contributed by atoms with Gasteiger partial charge in [-0.2, -0.15) is 0 Å². The molecule has 1 aromatic rings. The van der Waals surface area contributed by atoms with Gasteiger partial charge in [0.2, 0.25) is 11.7 Å². The minimum absolute atomic E-state index is 0.0498. The molecule has 0 saturated heterocycles. The Bertz CT molecular complexity index is 1500. The van der Waals surface area contributed by atoms with E-state index >= 15 is 0 Å². The summed E-state index contributed by atoms with van der Waals surface area (Å²) in [5, 5.41) is 59.9. The Labute approximate surface area is 259 Å². The van der Waals surface area contributed by atoms with E-state index in [1.807, 2.05) is 6.92 Å². The molecule has 0 heterocycles. The van der Waals surface area contributed by atoms with E-state index in [9.17, 15) is 49.5 Å². The van der Waals surface area contributed by atoms with Gasteiger partial charge in [0.15, 0.2) is 17.1 Å². The first-order valence-electron chi connectivity index (χ1n) is 14.9. The number of ketones is 2. The van der Waals surface area contributed by atoms with E-state index in [1.165, 1.54) is 17.0 Å². The van der Waals surface area contributed by atoms with Crippen LogP contribution in [0.5, 0.6) is 5.75 Å². The number of benzene rings is 1. The number of phenols is 1. The average molecular weight is 629 g/mol. The first-order valence-corrected chi connectivity index (χ1v) is 14.9. The average Bonchev–Trinajstić information content (AvgIpc) is 2.95. The number of phenolic OH excluding ortho intramolecular Hbond substituents is 1. The van der Waals surface area contributed by atoms with E-state index in [1.54, 1.807) is 14.1 Å². The van der Waals surface area contributed by atoms with Crippen LogP contribution >= 0.6 is 0 Å². The van der Waals surface area contributed by atoms with E-state index in [0.717, 1.165) is 25.7 Å². The van der Waals surface area contributed by atoms with Crippen molar-refractivity contribution >= 4 is 35.0 Å². The summed E-state index contributed by atoms with van der Waals surface area (Å²) in [6, 6.07) is 0.675. The fraction of sp³-hybridized carbons (Fsp3) is 0.516. The smallest absolute Gasteiger partial charge is 0.305 e. The molecule has 9 N–H and O–H groups in total. The summed E-state index contributed by atoms with van der Waals surface area (Å²) in [5.74, 6) is -9.65. The van der Waals surface area contributed by atoms with Gasteiger partial charge < -0.3 is 41.9 Å². The lowest BCUT2D eigenvalue weighted by Crippen LogP contribution is -2.63. The first kappa shape index (κ1) is 33.6. The number of aromatic hydroxyl groups is 1. The molecule has 0 saturated carbocycles. The van der Waals surface area contributed by atoms with Gasteiger partial charge in [0.05, 0.1) is 29.8 Å². The van der Waals surface area contributed by atoms with Crippen LogP contribution < -0.4 is 16.4 Å². The van der Waals surface area contributed by atoms with Crippen LogP contribution in [0.25, 0.3) is 0 Å². The molecule has 0 radical (unpaired) electrons. The van der Waals surface area contributed by atoms with Crippen LogP contribution in [0.2, 0.25) is 0 Å². The number of carbonyl (C=O) groups excluding carboxylic acids is 4. The lowest BCUT2D eigenvalue weighted by molar-refractivity contribution is -0.148. The summed E-state index contributed by atoms with van der Waals surface area (Å²) in [5.41, 5.74) is 1.30. The Morgan fingerprint density at radius 1 is 1.11 bits per heavy atom. The molecular weight excluding hydrogens is 588 g/mol. The molecule has 0 aromatic heterocycles. The Morgan fingerprint density at radius 3 is 2.40 bits per heavy atom. The molecule has 244 valence electrons. The summed E-state index contributed by atoms with van der Waals surface area (Å²) in [4.78, 5) is 65.4. The van der Waals surface area contributed by atoms with Crippen molar-refractivity contribution in [2.75, 3.05) is 26.0 Å².